The van der Waals surface area contributed by atoms with Crippen molar-refractivity contribution in [1.29, 1.82) is 0 Å². The van der Waals surface area contributed by atoms with Crippen molar-refractivity contribution in [3.05, 3.63) is 36.7 Å². The molecule has 0 bridgehead atoms. The highest BCUT2D eigenvalue weighted by atomic mass is 16.5. The molecule has 33 heavy (non-hydrogen) atoms. The number of imide groups is 1. The standard InChI is InChI=1S/C23H28N6O4/c1-23(8-9-23)21(31)28-22(32)27-18-4-3-17(14-26-18)33-16-7-12-25-19(13-16)29(2)20(30)15-5-10-24-11-6-15/h3-4,7,12-15,24H,5-6,8-11H2,1-2H3,(H2,26,27,28,31,32). The Labute approximate surface area is 192 Å². The summed E-state index contributed by atoms with van der Waals surface area (Å²) in [5, 5.41) is 8.13. The maximum absolute atomic E-state index is 12.8. The van der Waals surface area contributed by atoms with Gasteiger partial charge in [-0.15, -0.1) is 0 Å². The highest BCUT2D eigenvalue weighted by Crippen LogP contribution is 2.44. The van der Waals surface area contributed by atoms with Gasteiger partial charge in [-0.2, -0.15) is 0 Å². The third-order valence-electron chi connectivity index (χ3n) is 6.07. The zero-order chi connectivity index (χ0) is 23.4. The Morgan fingerprint density at radius 3 is 2.55 bits per heavy atom. The number of rotatable bonds is 6. The Hall–Kier alpha value is -3.53. The number of ether oxygens (including phenoxy) is 1. The maximum atomic E-state index is 12.8. The average Bonchev–Trinajstić information content (AvgIpc) is 3.59. The first kappa shape index (κ1) is 22.7. The summed E-state index contributed by atoms with van der Waals surface area (Å²) in [6, 6.07) is 6.00. The van der Waals surface area contributed by atoms with Crippen molar-refractivity contribution >= 4 is 29.5 Å². The summed E-state index contributed by atoms with van der Waals surface area (Å²) in [6.45, 7) is 3.51. The van der Waals surface area contributed by atoms with Gasteiger partial charge in [-0.25, -0.2) is 14.8 Å². The number of piperidine rings is 1. The number of nitrogens with one attached hydrogen (secondary N) is 3. The Balaban J connectivity index is 1.33. The van der Waals surface area contributed by atoms with Crippen molar-refractivity contribution < 1.29 is 19.1 Å². The van der Waals surface area contributed by atoms with E-state index in [1.165, 1.54) is 6.20 Å². The summed E-state index contributed by atoms with van der Waals surface area (Å²) < 4.78 is 5.84. The number of carbonyl (C=O) groups excluding carboxylic acids is 3. The summed E-state index contributed by atoms with van der Waals surface area (Å²) in [5.74, 6) is 1.51. The first-order valence-corrected chi connectivity index (χ1v) is 11.0. The molecule has 2 aromatic rings. The van der Waals surface area contributed by atoms with Crippen LogP contribution >= 0.6 is 0 Å². The third-order valence-corrected chi connectivity index (χ3v) is 6.07. The number of aromatic nitrogens is 2. The predicted molar refractivity (Wildman–Crippen MR) is 122 cm³/mol. The summed E-state index contributed by atoms with van der Waals surface area (Å²) in [5.41, 5.74) is -0.432. The van der Waals surface area contributed by atoms with E-state index < -0.39 is 11.4 Å². The predicted octanol–water partition coefficient (Wildman–Crippen LogP) is 2.68. The SMILES string of the molecule is CN(C(=O)C1CCNCC1)c1cc(Oc2ccc(NC(=O)NC(=O)C3(C)CC3)nc2)ccn1. The lowest BCUT2D eigenvalue weighted by Crippen LogP contribution is -2.39. The smallest absolute Gasteiger partial charge is 0.327 e. The Morgan fingerprint density at radius 2 is 1.88 bits per heavy atom. The van der Waals surface area contributed by atoms with Crippen molar-refractivity contribution in [2.75, 3.05) is 30.4 Å². The Kier molecular flexibility index (Phi) is 6.55. The molecule has 1 aliphatic carbocycles. The molecule has 4 amide bonds. The van der Waals surface area contributed by atoms with Crippen LogP contribution in [0.3, 0.4) is 0 Å². The van der Waals surface area contributed by atoms with Gasteiger partial charge in [0, 0.05) is 30.6 Å². The number of pyridine rings is 2. The molecule has 10 nitrogen and oxygen atoms in total. The normalized spacial score (nSPS) is 17.0. The number of urea groups is 1. The van der Waals surface area contributed by atoms with E-state index >= 15 is 0 Å². The van der Waals surface area contributed by atoms with E-state index in [-0.39, 0.29) is 23.6 Å². The van der Waals surface area contributed by atoms with Gasteiger partial charge in [0.1, 0.15) is 23.1 Å². The number of anilines is 2. The van der Waals surface area contributed by atoms with E-state index in [0.29, 0.717) is 17.3 Å². The van der Waals surface area contributed by atoms with E-state index in [4.69, 9.17) is 4.74 Å². The van der Waals surface area contributed by atoms with Gasteiger partial charge in [0.05, 0.1) is 6.20 Å². The molecule has 174 valence electrons. The van der Waals surface area contributed by atoms with Crippen LogP contribution in [0.15, 0.2) is 36.7 Å². The lowest BCUT2D eigenvalue weighted by molar-refractivity contribution is -0.124. The lowest BCUT2D eigenvalue weighted by atomic mass is 9.97. The molecule has 0 radical (unpaired) electrons. The molecule has 3 heterocycles. The summed E-state index contributed by atoms with van der Waals surface area (Å²) in [6.07, 6.45) is 6.25. The topological polar surface area (TPSA) is 126 Å². The third kappa shape index (κ3) is 5.64. The molecule has 2 aromatic heterocycles. The molecular formula is C23H28N6O4. The van der Waals surface area contributed by atoms with Crippen LogP contribution in [0.25, 0.3) is 0 Å². The van der Waals surface area contributed by atoms with Gasteiger partial charge in [0.2, 0.25) is 11.8 Å². The minimum absolute atomic E-state index is 0.00787. The average molecular weight is 453 g/mol. The lowest BCUT2D eigenvalue weighted by Gasteiger charge is -2.26. The number of nitrogens with zero attached hydrogens (tertiary/aromatic N) is 3. The van der Waals surface area contributed by atoms with Gasteiger partial charge in [-0.3, -0.25) is 25.1 Å². The minimum atomic E-state index is -0.616. The molecule has 0 unspecified atom stereocenters. The van der Waals surface area contributed by atoms with Crippen molar-refractivity contribution in [3.8, 4) is 11.5 Å². The second-order valence-electron chi connectivity index (χ2n) is 8.72. The Morgan fingerprint density at radius 1 is 1.12 bits per heavy atom. The first-order valence-electron chi connectivity index (χ1n) is 11.0. The summed E-state index contributed by atoms with van der Waals surface area (Å²) >= 11 is 0. The van der Waals surface area contributed by atoms with Crippen molar-refractivity contribution in [2.24, 2.45) is 11.3 Å². The number of hydrogen-bond donors (Lipinski definition) is 3. The van der Waals surface area contributed by atoms with Crippen LogP contribution < -0.4 is 25.6 Å². The van der Waals surface area contributed by atoms with Crippen molar-refractivity contribution in [3.63, 3.8) is 0 Å². The molecule has 0 atom stereocenters. The van der Waals surface area contributed by atoms with Crippen LogP contribution in [0.1, 0.15) is 32.6 Å². The molecule has 4 rings (SSSR count). The molecule has 1 saturated heterocycles. The van der Waals surface area contributed by atoms with E-state index in [1.54, 1.807) is 42.4 Å². The van der Waals surface area contributed by atoms with Crippen LogP contribution in [0, 0.1) is 11.3 Å². The molecule has 2 aliphatic rings. The minimum Gasteiger partial charge on any atom is -0.456 e. The molecule has 0 spiro atoms. The second kappa shape index (κ2) is 9.53. The second-order valence-corrected chi connectivity index (χ2v) is 8.72. The summed E-state index contributed by atoms with van der Waals surface area (Å²) in [4.78, 5) is 46.7. The van der Waals surface area contributed by atoms with Crippen LogP contribution in [-0.4, -0.2) is 48.0 Å². The van der Waals surface area contributed by atoms with Gasteiger partial charge < -0.3 is 10.1 Å². The zero-order valence-corrected chi connectivity index (χ0v) is 18.8. The fourth-order valence-corrected chi connectivity index (χ4v) is 3.57. The molecular weight excluding hydrogens is 424 g/mol. The fourth-order valence-electron chi connectivity index (χ4n) is 3.57. The first-order chi connectivity index (χ1) is 15.8. The van der Waals surface area contributed by atoms with Gasteiger partial charge >= 0.3 is 6.03 Å². The highest BCUT2D eigenvalue weighted by Gasteiger charge is 2.45. The maximum Gasteiger partial charge on any atom is 0.327 e. The number of hydrogen-bond acceptors (Lipinski definition) is 7. The summed E-state index contributed by atoms with van der Waals surface area (Å²) in [7, 11) is 1.72. The van der Waals surface area contributed by atoms with Gasteiger partial charge in [0.15, 0.2) is 0 Å². The molecule has 3 N–H and O–H groups in total. The molecule has 0 aromatic carbocycles. The largest absolute Gasteiger partial charge is 0.456 e. The Bertz CT molecular complexity index is 1030. The monoisotopic (exact) mass is 452 g/mol. The van der Waals surface area contributed by atoms with Crippen LogP contribution in [0.2, 0.25) is 0 Å². The molecule has 1 aliphatic heterocycles. The van der Waals surface area contributed by atoms with Crippen molar-refractivity contribution in [2.45, 2.75) is 32.6 Å². The van der Waals surface area contributed by atoms with Crippen molar-refractivity contribution in [1.82, 2.24) is 20.6 Å². The van der Waals surface area contributed by atoms with E-state index in [2.05, 4.69) is 25.9 Å². The van der Waals surface area contributed by atoms with E-state index in [9.17, 15) is 14.4 Å². The van der Waals surface area contributed by atoms with E-state index in [1.807, 2.05) is 6.92 Å². The van der Waals surface area contributed by atoms with Crippen LogP contribution in [0.4, 0.5) is 16.4 Å². The van der Waals surface area contributed by atoms with Gasteiger partial charge in [-0.1, -0.05) is 6.92 Å². The van der Waals surface area contributed by atoms with E-state index in [0.717, 1.165) is 38.8 Å². The van der Waals surface area contributed by atoms with Crippen LogP contribution in [-0.2, 0) is 9.59 Å². The highest BCUT2D eigenvalue weighted by molar-refractivity contribution is 6.03. The fraction of sp³-hybridized carbons (Fsp3) is 0.435. The molecule has 10 heteroatoms. The quantitative estimate of drug-likeness (QED) is 0.615. The number of amides is 4. The van der Waals surface area contributed by atoms with Gasteiger partial charge in [0.25, 0.3) is 0 Å². The van der Waals surface area contributed by atoms with Crippen LogP contribution in [0.5, 0.6) is 11.5 Å². The van der Waals surface area contributed by atoms with Gasteiger partial charge in [-0.05, 0) is 57.0 Å². The molecule has 1 saturated carbocycles. The zero-order valence-electron chi connectivity index (χ0n) is 18.8. The molecule has 2 fully saturated rings. The number of carbonyl (C=O) groups is 3.